The summed E-state index contributed by atoms with van der Waals surface area (Å²) in [6.07, 6.45) is 2.11. The van der Waals surface area contributed by atoms with E-state index in [4.69, 9.17) is 5.73 Å². The summed E-state index contributed by atoms with van der Waals surface area (Å²) < 4.78 is 0. The van der Waals surface area contributed by atoms with Crippen molar-refractivity contribution < 1.29 is 4.79 Å². The lowest BCUT2D eigenvalue weighted by Gasteiger charge is -2.11. The van der Waals surface area contributed by atoms with E-state index in [0.717, 1.165) is 11.1 Å². The van der Waals surface area contributed by atoms with Gasteiger partial charge in [-0.25, -0.2) is 4.98 Å². The molecule has 1 heterocycles. The summed E-state index contributed by atoms with van der Waals surface area (Å²) in [4.78, 5) is 30.6. The average Bonchev–Trinajstić information content (AvgIpc) is 2.56. The predicted octanol–water partition coefficient (Wildman–Crippen LogP) is 1.60. The molecule has 0 aliphatic heterocycles. The monoisotopic (exact) mass is 307 g/mol. The third-order valence-electron chi connectivity index (χ3n) is 3.80. The van der Waals surface area contributed by atoms with Crippen LogP contribution in [0.2, 0.25) is 0 Å². The van der Waals surface area contributed by atoms with Crippen LogP contribution >= 0.6 is 0 Å². The highest BCUT2D eigenvalue weighted by Gasteiger charge is 2.15. The summed E-state index contributed by atoms with van der Waals surface area (Å²) in [6, 6.07) is 14.4. The van der Waals surface area contributed by atoms with Gasteiger partial charge in [-0.2, -0.15) is 0 Å². The maximum Gasteiger partial charge on any atom is 0.258 e. The molecule has 3 N–H and O–H groups in total. The molecule has 5 nitrogen and oxygen atoms in total. The maximum atomic E-state index is 12.3. The van der Waals surface area contributed by atoms with Crippen LogP contribution in [0.25, 0.3) is 10.9 Å². The lowest BCUT2D eigenvalue weighted by molar-refractivity contribution is -0.119. The smallest absolute Gasteiger partial charge is 0.258 e. The highest BCUT2D eigenvalue weighted by atomic mass is 16.1. The number of nitrogens with two attached hydrogens (primary N) is 1. The third-order valence-corrected chi connectivity index (χ3v) is 3.80. The average molecular weight is 307 g/mol. The second kappa shape index (κ2) is 6.54. The van der Waals surface area contributed by atoms with E-state index in [2.05, 4.69) is 9.97 Å². The molecular formula is C18H17N3O2. The zero-order chi connectivity index (χ0) is 16.2. The van der Waals surface area contributed by atoms with E-state index >= 15 is 0 Å². The lowest BCUT2D eigenvalue weighted by atomic mass is 9.98. The van der Waals surface area contributed by atoms with Crippen LogP contribution < -0.4 is 11.3 Å². The number of aromatic nitrogens is 2. The fourth-order valence-electron chi connectivity index (χ4n) is 2.54. The van der Waals surface area contributed by atoms with E-state index in [1.807, 2.05) is 30.3 Å². The van der Waals surface area contributed by atoms with Crippen LogP contribution in [0.3, 0.4) is 0 Å². The largest absolute Gasteiger partial charge is 0.321 e. The predicted molar refractivity (Wildman–Crippen MR) is 89.2 cm³/mol. The van der Waals surface area contributed by atoms with E-state index in [1.165, 1.54) is 6.33 Å². The molecule has 116 valence electrons. The van der Waals surface area contributed by atoms with E-state index in [9.17, 15) is 9.59 Å². The Balaban J connectivity index is 1.73. The van der Waals surface area contributed by atoms with E-state index in [-0.39, 0.29) is 17.8 Å². The number of carbonyl (C=O) groups excluding carboxylic acids is 1. The molecule has 5 heteroatoms. The van der Waals surface area contributed by atoms with Crippen molar-refractivity contribution in [2.45, 2.75) is 18.9 Å². The molecule has 1 aromatic heterocycles. The van der Waals surface area contributed by atoms with Gasteiger partial charge in [0.1, 0.15) is 0 Å². The van der Waals surface area contributed by atoms with Crippen molar-refractivity contribution in [1.82, 2.24) is 9.97 Å². The molecule has 3 rings (SSSR count). The van der Waals surface area contributed by atoms with Crippen LogP contribution in [-0.4, -0.2) is 21.8 Å². The molecule has 0 fully saturated rings. The van der Waals surface area contributed by atoms with Gasteiger partial charge >= 0.3 is 0 Å². The molecule has 0 bridgehead atoms. The molecule has 0 saturated heterocycles. The van der Waals surface area contributed by atoms with Gasteiger partial charge in [0.05, 0.1) is 23.3 Å². The number of nitrogens with zero attached hydrogens (tertiary/aromatic N) is 1. The van der Waals surface area contributed by atoms with Crippen molar-refractivity contribution >= 4 is 16.7 Å². The molecule has 0 unspecified atom stereocenters. The molecule has 0 spiro atoms. The summed E-state index contributed by atoms with van der Waals surface area (Å²) in [5.74, 6) is -0.0296. The van der Waals surface area contributed by atoms with Gasteiger partial charge in [0, 0.05) is 6.42 Å². The summed E-state index contributed by atoms with van der Waals surface area (Å²) in [6.45, 7) is 0. The van der Waals surface area contributed by atoms with Gasteiger partial charge in [-0.15, -0.1) is 0 Å². The van der Waals surface area contributed by atoms with Gasteiger partial charge in [-0.3, -0.25) is 9.59 Å². The first-order valence-electron chi connectivity index (χ1n) is 7.42. The summed E-state index contributed by atoms with van der Waals surface area (Å²) in [5, 5.41) is 0.511. The Morgan fingerprint density at radius 3 is 2.70 bits per heavy atom. The Bertz CT molecular complexity index is 887. The molecular weight excluding hydrogens is 290 g/mol. The molecule has 0 saturated carbocycles. The highest BCUT2D eigenvalue weighted by Crippen LogP contribution is 2.12. The number of nitrogens with one attached hydrogen (secondary N) is 1. The van der Waals surface area contributed by atoms with Gasteiger partial charge in [0.2, 0.25) is 0 Å². The Kier molecular flexibility index (Phi) is 4.30. The zero-order valence-electron chi connectivity index (χ0n) is 12.5. The Morgan fingerprint density at radius 1 is 1.13 bits per heavy atom. The first kappa shape index (κ1) is 15.1. The Morgan fingerprint density at radius 2 is 1.91 bits per heavy atom. The number of hydrogen-bond acceptors (Lipinski definition) is 4. The van der Waals surface area contributed by atoms with Crippen molar-refractivity contribution in [2.24, 2.45) is 5.73 Å². The Labute approximate surface area is 133 Å². The van der Waals surface area contributed by atoms with Crippen molar-refractivity contribution in [3.63, 3.8) is 0 Å². The number of hydrogen-bond donors (Lipinski definition) is 2. The number of benzene rings is 2. The van der Waals surface area contributed by atoms with Gasteiger partial charge < -0.3 is 10.7 Å². The first-order chi connectivity index (χ1) is 11.1. The molecule has 2 aromatic carbocycles. The minimum Gasteiger partial charge on any atom is -0.321 e. The number of fused-ring (bicyclic) bond motifs is 1. The highest BCUT2D eigenvalue weighted by molar-refractivity contribution is 5.87. The van der Waals surface area contributed by atoms with Crippen molar-refractivity contribution in [1.29, 1.82) is 0 Å². The van der Waals surface area contributed by atoms with Crippen LogP contribution in [-0.2, 0) is 17.6 Å². The lowest BCUT2D eigenvalue weighted by Crippen LogP contribution is -2.33. The number of Topliss-reactive ketones (excluding diaryl/α,β-unsaturated/α-hetero) is 1. The second-order valence-corrected chi connectivity index (χ2v) is 5.52. The fraction of sp³-hybridized carbons (Fsp3) is 0.167. The molecule has 1 atom stereocenters. The summed E-state index contributed by atoms with van der Waals surface area (Å²) in [5.41, 5.74) is 8.26. The molecule has 23 heavy (non-hydrogen) atoms. The van der Waals surface area contributed by atoms with Crippen molar-refractivity contribution in [3.05, 3.63) is 76.3 Å². The van der Waals surface area contributed by atoms with Crippen LogP contribution in [0, 0.1) is 0 Å². The standard InChI is InChI=1S/C18H17N3O2/c19-15(8-12-4-2-1-3-5-12)17(22)10-13-6-7-14-16(9-13)20-11-21-18(14)23/h1-7,9,11,15H,8,10,19H2,(H,20,21,23)/t15-/m1/s1. The van der Waals surface area contributed by atoms with E-state index < -0.39 is 6.04 Å². The normalized spacial score (nSPS) is 12.2. The number of aromatic amines is 1. The minimum atomic E-state index is -0.541. The van der Waals surface area contributed by atoms with Crippen LogP contribution in [0.4, 0.5) is 0 Å². The molecule has 0 amide bonds. The molecule has 0 aliphatic carbocycles. The molecule has 0 radical (unpaired) electrons. The number of ketones is 1. The molecule has 0 aliphatic rings. The SMILES string of the molecule is N[C@H](Cc1ccccc1)C(=O)Cc1ccc2c(=O)[nH]cnc2c1. The number of H-pyrrole nitrogens is 1. The van der Waals surface area contributed by atoms with Crippen molar-refractivity contribution in [2.75, 3.05) is 0 Å². The van der Waals surface area contributed by atoms with Gasteiger partial charge in [-0.1, -0.05) is 36.4 Å². The van der Waals surface area contributed by atoms with Crippen LogP contribution in [0.1, 0.15) is 11.1 Å². The van der Waals surface area contributed by atoms with Gasteiger partial charge in [0.25, 0.3) is 5.56 Å². The number of carbonyl (C=O) groups is 1. The quantitative estimate of drug-likeness (QED) is 0.749. The van der Waals surface area contributed by atoms with Gasteiger partial charge in [0.15, 0.2) is 5.78 Å². The second-order valence-electron chi connectivity index (χ2n) is 5.52. The minimum absolute atomic E-state index is 0.0296. The summed E-state index contributed by atoms with van der Waals surface area (Å²) >= 11 is 0. The van der Waals surface area contributed by atoms with E-state index in [1.54, 1.807) is 18.2 Å². The van der Waals surface area contributed by atoms with Crippen LogP contribution in [0.15, 0.2) is 59.7 Å². The first-order valence-corrected chi connectivity index (χ1v) is 7.42. The number of rotatable bonds is 5. The Hall–Kier alpha value is -2.79. The van der Waals surface area contributed by atoms with Gasteiger partial charge in [-0.05, 0) is 29.7 Å². The zero-order valence-corrected chi connectivity index (χ0v) is 12.5. The third kappa shape index (κ3) is 3.52. The van der Waals surface area contributed by atoms with Crippen molar-refractivity contribution in [3.8, 4) is 0 Å². The van der Waals surface area contributed by atoms with E-state index in [0.29, 0.717) is 17.3 Å². The topological polar surface area (TPSA) is 88.8 Å². The van der Waals surface area contributed by atoms with Crippen LogP contribution in [0.5, 0.6) is 0 Å². The molecule has 3 aromatic rings. The maximum absolute atomic E-state index is 12.3. The fourth-order valence-corrected chi connectivity index (χ4v) is 2.54. The summed E-state index contributed by atoms with van der Waals surface area (Å²) in [7, 11) is 0.